The summed E-state index contributed by atoms with van der Waals surface area (Å²) in [7, 11) is 0. The first-order valence-corrected chi connectivity index (χ1v) is 12.3. The van der Waals surface area contributed by atoms with E-state index in [1.54, 1.807) is 11.0 Å². The number of amides is 1. The van der Waals surface area contributed by atoms with Gasteiger partial charge < -0.3 is 4.74 Å². The number of carbonyl (C=O) groups excluding carboxylic acids is 1. The Morgan fingerprint density at radius 2 is 1.97 bits per heavy atom. The first kappa shape index (κ1) is 22.3. The van der Waals surface area contributed by atoms with Gasteiger partial charge in [-0.15, -0.1) is 11.3 Å². The summed E-state index contributed by atoms with van der Waals surface area (Å²) in [6.45, 7) is 6.73. The van der Waals surface area contributed by atoms with E-state index in [1.807, 2.05) is 19.1 Å². The van der Waals surface area contributed by atoms with E-state index in [2.05, 4.69) is 4.90 Å². The van der Waals surface area contributed by atoms with Gasteiger partial charge in [0.1, 0.15) is 4.34 Å². The van der Waals surface area contributed by atoms with Crippen molar-refractivity contribution < 1.29 is 9.53 Å². The zero-order valence-electron chi connectivity index (χ0n) is 16.3. The van der Waals surface area contributed by atoms with Crippen LogP contribution in [0.2, 0.25) is 13.7 Å². The number of rotatable bonds is 6. The summed E-state index contributed by atoms with van der Waals surface area (Å²) < 4.78 is 7.25. The molecule has 1 aromatic carbocycles. The minimum absolute atomic E-state index is 0.187. The third kappa shape index (κ3) is 4.93. The molecule has 1 saturated heterocycles. The maximum atomic E-state index is 13.4. The third-order valence-electron chi connectivity index (χ3n) is 4.96. The number of fused-ring (bicyclic) bond motifs is 1. The standard InChI is InChI=1S/C20H20Cl3N3O2S2/c1-12-9-13(21)10-15-17(12)24-20(29-15)26(4-2-3-25-5-7-28-8-6-25)19(27)14-11-16(22)30-18(14)23/h9-11H,2-8H2,1H3. The van der Waals surface area contributed by atoms with Gasteiger partial charge in [-0.2, -0.15) is 0 Å². The summed E-state index contributed by atoms with van der Waals surface area (Å²) in [5, 5.41) is 1.30. The normalized spacial score (nSPS) is 15.1. The highest BCUT2D eigenvalue weighted by Crippen LogP contribution is 2.36. The van der Waals surface area contributed by atoms with Gasteiger partial charge in [-0.1, -0.05) is 46.1 Å². The second kappa shape index (κ2) is 9.69. The predicted octanol–water partition coefficient (Wildman–Crippen LogP) is 6.00. The largest absolute Gasteiger partial charge is 0.379 e. The number of aryl methyl sites for hydroxylation is 1. The van der Waals surface area contributed by atoms with E-state index in [1.165, 1.54) is 22.7 Å². The van der Waals surface area contributed by atoms with E-state index < -0.39 is 0 Å². The highest BCUT2D eigenvalue weighted by Gasteiger charge is 2.25. The van der Waals surface area contributed by atoms with Gasteiger partial charge in [0.25, 0.3) is 5.91 Å². The molecule has 1 fully saturated rings. The summed E-state index contributed by atoms with van der Waals surface area (Å²) in [5.74, 6) is -0.187. The zero-order valence-corrected chi connectivity index (χ0v) is 20.2. The Morgan fingerprint density at radius 1 is 1.20 bits per heavy atom. The number of ether oxygens (including phenoxy) is 1. The zero-order chi connectivity index (χ0) is 21.3. The van der Waals surface area contributed by atoms with E-state index in [0.29, 0.717) is 30.9 Å². The number of anilines is 1. The van der Waals surface area contributed by atoms with Crippen molar-refractivity contribution in [3.05, 3.63) is 43.0 Å². The van der Waals surface area contributed by atoms with Crippen molar-refractivity contribution in [2.24, 2.45) is 0 Å². The molecule has 0 bridgehead atoms. The molecule has 2 aromatic heterocycles. The minimum Gasteiger partial charge on any atom is -0.379 e. The van der Waals surface area contributed by atoms with Crippen LogP contribution < -0.4 is 4.90 Å². The van der Waals surface area contributed by atoms with Gasteiger partial charge in [-0.3, -0.25) is 14.6 Å². The van der Waals surface area contributed by atoms with Crippen molar-refractivity contribution >= 4 is 78.7 Å². The molecule has 0 spiro atoms. The molecule has 0 radical (unpaired) electrons. The number of benzene rings is 1. The van der Waals surface area contributed by atoms with Crippen LogP contribution in [-0.2, 0) is 4.74 Å². The summed E-state index contributed by atoms with van der Waals surface area (Å²) in [6.07, 6.45) is 0.816. The molecule has 0 unspecified atom stereocenters. The topological polar surface area (TPSA) is 45.7 Å². The molecule has 160 valence electrons. The number of halogens is 3. The number of thiazole rings is 1. The van der Waals surface area contributed by atoms with Crippen LogP contribution in [0.15, 0.2) is 18.2 Å². The van der Waals surface area contributed by atoms with Crippen LogP contribution in [0.3, 0.4) is 0 Å². The van der Waals surface area contributed by atoms with E-state index in [-0.39, 0.29) is 5.91 Å². The second-order valence-electron chi connectivity index (χ2n) is 7.07. The second-order valence-corrected chi connectivity index (χ2v) is 10.8. The summed E-state index contributed by atoms with van der Waals surface area (Å²) in [5.41, 5.74) is 2.25. The smallest absolute Gasteiger partial charge is 0.262 e. The number of morpholine rings is 1. The monoisotopic (exact) mass is 503 g/mol. The van der Waals surface area contributed by atoms with Crippen molar-refractivity contribution in [1.82, 2.24) is 9.88 Å². The molecule has 3 aromatic rings. The molecule has 1 aliphatic rings. The Kier molecular flexibility index (Phi) is 7.19. The highest BCUT2D eigenvalue weighted by atomic mass is 35.5. The molecule has 30 heavy (non-hydrogen) atoms. The fraction of sp³-hybridized carbons (Fsp3) is 0.400. The molecule has 10 heteroatoms. The lowest BCUT2D eigenvalue weighted by Crippen LogP contribution is -2.39. The highest BCUT2D eigenvalue weighted by molar-refractivity contribution is 7.22. The Balaban J connectivity index is 1.61. The molecule has 1 aliphatic heterocycles. The quantitative estimate of drug-likeness (QED) is 0.413. The number of hydrogen-bond acceptors (Lipinski definition) is 6. The molecule has 4 rings (SSSR count). The Bertz CT molecular complexity index is 1060. The van der Waals surface area contributed by atoms with Crippen LogP contribution in [-0.4, -0.2) is 55.2 Å². The van der Waals surface area contributed by atoms with Gasteiger partial charge >= 0.3 is 0 Å². The van der Waals surface area contributed by atoms with Gasteiger partial charge in [0.2, 0.25) is 0 Å². The van der Waals surface area contributed by atoms with Gasteiger partial charge in [-0.25, -0.2) is 4.98 Å². The fourth-order valence-electron chi connectivity index (χ4n) is 3.45. The van der Waals surface area contributed by atoms with Gasteiger partial charge in [0.15, 0.2) is 5.13 Å². The first-order chi connectivity index (χ1) is 14.4. The first-order valence-electron chi connectivity index (χ1n) is 9.56. The summed E-state index contributed by atoms with van der Waals surface area (Å²) >= 11 is 21.2. The molecule has 0 atom stereocenters. The van der Waals surface area contributed by atoms with Crippen molar-refractivity contribution in [3.63, 3.8) is 0 Å². The lowest BCUT2D eigenvalue weighted by Gasteiger charge is -2.27. The molecule has 3 heterocycles. The van der Waals surface area contributed by atoms with E-state index in [4.69, 9.17) is 44.5 Å². The van der Waals surface area contributed by atoms with E-state index in [0.717, 1.165) is 55.0 Å². The van der Waals surface area contributed by atoms with E-state index in [9.17, 15) is 4.79 Å². The van der Waals surface area contributed by atoms with Crippen LogP contribution in [0.25, 0.3) is 10.2 Å². The van der Waals surface area contributed by atoms with Gasteiger partial charge in [-0.05, 0) is 37.1 Å². The van der Waals surface area contributed by atoms with Crippen LogP contribution in [0, 0.1) is 6.92 Å². The summed E-state index contributed by atoms with van der Waals surface area (Å²) in [6, 6.07) is 5.39. The summed E-state index contributed by atoms with van der Waals surface area (Å²) in [4.78, 5) is 22.2. The van der Waals surface area contributed by atoms with Crippen LogP contribution >= 0.6 is 57.5 Å². The molecular weight excluding hydrogens is 485 g/mol. The van der Waals surface area contributed by atoms with Crippen LogP contribution in [0.1, 0.15) is 22.3 Å². The Hall–Kier alpha value is -0.930. The van der Waals surface area contributed by atoms with Crippen LogP contribution in [0.4, 0.5) is 5.13 Å². The van der Waals surface area contributed by atoms with Crippen molar-refractivity contribution in [2.45, 2.75) is 13.3 Å². The number of hydrogen-bond donors (Lipinski definition) is 0. The van der Waals surface area contributed by atoms with Crippen molar-refractivity contribution in [3.8, 4) is 0 Å². The Labute approximate surface area is 198 Å². The number of nitrogens with zero attached hydrogens (tertiary/aromatic N) is 3. The lowest BCUT2D eigenvalue weighted by atomic mass is 10.2. The lowest BCUT2D eigenvalue weighted by molar-refractivity contribution is 0.0376. The predicted molar refractivity (Wildman–Crippen MR) is 127 cm³/mol. The average Bonchev–Trinajstić information content (AvgIpc) is 3.28. The van der Waals surface area contributed by atoms with Crippen LogP contribution in [0.5, 0.6) is 0 Å². The minimum atomic E-state index is -0.187. The maximum Gasteiger partial charge on any atom is 0.262 e. The van der Waals surface area contributed by atoms with Gasteiger partial charge in [0, 0.05) is 31.2 Å². The SMILES string of the molecule is Cc1cc(Cl)cc2sc(N(CCCN3CCOCC3)C(=O)c3cc(Cl)sc3Cl)nc12. The van der Waals surface area contributed by atoms with Crippen molar-refractivity contribution in [1.29, 1.82) is 0 Å². The fourth-order valence-corrected chi connectivity index (χ4v) is 6.34. The van der Waals surface area contributed by atoms with Gasteiger partial charge in [0.05, 0.1) is 33.3 Å². The molecule has 0 N–H and O–H groups in total. The number of carbonyl (C=O) groups is 1. The molecular formula is C20H20Cl3N3O2S2. The third-order valence-corrected chi connectivity index (χ3v) is 7.69. The molecule has 0 aliphatic carbocycles. The number of thiophene rings is 1. The maximum absolute atomic E-state index is 13.4. The number of aromatic nitrogens is 1. The Morgan fingerprint density at radius 3 is 2.67 bits per heavy atom. The van der Waals surface area contributed by atoms with Crippen molar-refractivity contribution in [2.75, 3.05) is 44.3 Å². The molecule has 0 saturated carbocycles. The van der Waals surface area contributed by atoms with E-state index >= 15 is 0 Å². The average molecular weight is 505 g/mol. The molecule has 1 amide bonds. The molecule has 5 nitrogen and oxygen atoms in total.